The molecule has 0 radical (unpaired) electrons. The molecule has 0 aliphatic heterocycles. The second-order valence-electron chi connectivity index (χ2n) is 8.42. The lowest BCUT2D eigenvalue weighted by molar-refractivity contribution is 0.0999. The van der Waals surface area contributed by atoms with Gasteiger partial charge in [0, 0.05) is 40.5 Å². The molecule has 140 valence electrons. The molecule has 2 aromatic heterocycles. The minimum atomic E-state index is -0.182. The molecule has 0 atom stereocenters. The number of aromatic nitrogens is 2. The summed E-state index contributed by atoms with van der Waals surface area (Å²) >= 11 is 1.65. The van der Waals surface area contributed by atoms with Gasteiger partial charge in [0.15, 0.2) is 4.80 Å². The molecule has 1 aliphatic carbocycles. The third-order valence-corrected chi connectivity index (χ3v) is 6.69. The monoisotopic (exact) mass is 379 g/mol. The fourth-order valence-corrected chi connectivity index (χ4v) is 4.69. The number of carbonyl (C=O) groups excluding carboxylic acids is 1. The summed E-state index contributed by atoms with van der Waals surface area (Å²) in [7, 11) is 0. The van der Waals surface area contributed by atoms with Crippen molar-refractivity contribution in [1.29, 1.82) is 0 Å². The maximum absolute atomic E-state index is 13.1. The summed E-state index contributed by atoms with van der Waals surface area (Å²) in [5.74, 6) is 0.543. The SMILES string of the molecule is Cc1c(C(C)(C)C)s/c(=N\C(=O)c2cccc3cnccc23)n1CC1CC1. The molecule has 0 saturated heterocycles. The highest BCUT2D eigenvalue weighted by Gasteiger charge is 2.27. The first-order valence-electron chi connectivity index (χ1n) is 9.47. The van der Waals surface area contributed by atoms with Crippen LogP contribution >= 0.6 is 11.3 Å². The second-order valence-corrected chi connectivity index (χ2v) is 9.40. The van der Waals surface area contributed by atoms with Crippen LogP contribution in [0.15, 0.2) is 41.7 Å². The molecule has 27 heavy (non-hydrogen) atoms. The van der Waals surface area contributed by atoms with Crippen LogP contribution in [0.25, 0.3) is 10.8 Å². The van der Waals surface area contributed by atoms with Crippen LogP contribution in [0.5, 0.6) is 0 Å². The minimum Gasteiger partial charge on any atom is -0.320 e. The van der Waals surface area contributed by atoms with E-state index in [1.807, 2.05) is 24.3 Å². The molecule has 0 bridgehead atoms. The highest BCUT2D eigenvalue weighted by Crippen LogP contribution is 2.33. The van der Waals surface area contributed by atoms with E-state index >= 15 is 0 Å². The van der Waals surface area contributed by atoms with Crippen LogP contribution in [-0.4, -0.2) is 15.5 Å². The van der Waals surface area contributed by atoms with Gasteiger partial charge in [0.2, 0.25) is 0 Å². The third-order valence-electron chi connectivity index (χ3n) is 5.08. The van der Waals surface area contributed by atoms with Crippen LogP contribution in [0, 0.1) is 12.8 Å². The Labute approximate surface area is 163 Å². The van der Waals surface area contributed by atoms with Crippen molar-refractivity contribution in [1.82, 2.24) is 9.55 Å². The van der Waals surface area contributed by atoms with Crippen LogP contribution in [0.3, 0.4) is 0 Å². The van der Waals surface area contributed by atoms with E-state index in [1.54, 1.807) is 23.7 Å². The van der Waals surface area contributed by atoms with E-state index in [9.17, 15) is 4.79 Å². The molecule has 1 aromatic carbocycles. The lowest BCUT2D eigenvalue weighted by Crippen LogP contribution is -2.20. The number of hydrogen-bond donors (Lipinski definition) is 0. The van der Waals surface area contributed by atoms with Crippen LogP contribution in [-0.2, 0) is 12.0 Å². The predicted octanol–water partition coefficient (Wildman–Crippen LogP) is 4.85. The number of hydrogen-bond acceptors (Lipinski definition) is 3. The van der Waals surface area contributed by atoms with Crippen molar-refractivity contribution in [3.05, 3.63) is 57.6 Å². The van der Waals surface area contributed by atoms with Crippen LogP contribution in [0.2, 0.25) is 0 Å². The molecule has 0 N–H and O–H groups in total. The second kappa shape index (κ2) is 6.71. The maximum atomic E-state index is 13.1. The van der Waals surface area contributed by atoms with E-state index in [4.69, 9.17) is 0 Å². The maximum Gasteiger partial charge on any atom is 0.280 e. The van der Waals surface area contributed by atoms with Gasteiger partial charge in [-0.15, -0.1) is 11.3 Å². The Morgan fingerprint density at radius 1 is 1.30 bits per heavy atom. The molecule has 1 fully saturated rings. The van der Waals surface area contributed by atoms with Gasteiger partial charge in [-0.2, -0.15) is 4.99 Å². The van der Waals surface area contributed by atoms with Gasteiger partial charge in [0.1, 0.15) is 0 Å². The topological polar surface area (TPSA) is 47.2 Å². The number of benzene rings is 1. The first-order chi connectivity index (χ1) is 12.8. The van der Waals surface area contributed by atoms with E-state index in [0.717, 1.165) is 28.0 Å². The van der Waals surface area contributed by atoms with Crippen molar-refractivity contribution in [2.24, 2.45) is 10.9 Å². The van der Waals surface area contributed by atoms with Crippen LogP contribution in [0.4, 0.5) is 0 Å². The first kappa shape index (κ1) is 18.1. The quantitative estimate of drug-likeness (QED) is 0.653. The number of rotatable bonds is 3. The summed E-state index contributed by atoms with van der Waals surface area (Å²) in [6, 6.07) is 7.60. The Hall–Kier alpha value is -2.27. The van der Waals surface area contributed by atoms with E-state index in [0.29, 0.717) is 5.56 Å². The summed E-state index contributed by atoms with van der Waals surface area (Å²) in [5.41, 5.74) is 1.92. The molecule has 1 amide bonds. The molecule has 4 nitrogen and oxygen atoms in total. The molecule has 4 rings (SSSR count). The minimum absolute atomic E-state index is 0.0436. The van der Waals surface area contributed by atoms with Crippen LogP contribution in [0.1, 0.15) is 54.5 Å². The summed E-state index contributed by atoms with van der Waals surface area (Å²) in [4.78, 5) is 23.9. The average molecular weight is 380 g/mol. The fourth-order valence-electron chi connectivity index (χ4n) is 3.50. The Morgan fingerprint density at radius 2 is 2.07 bits per heavy atom. The highest BCUT2D eigenvalue weighted by atomic mass is 32.1. The molecule has 3 aromatic rings. The van der Waals surface area contributed by atoms with E-state index in [2.05, 4.69) is 42.2 Å². The van der Waals surface area contributed by atoms with Gasteiger partial charge >= 0.3 is 0 Å². The molecule has 0 unspecified atom stereocenters. The normalized spacial score (nSPS) is 15.5. The zero-order chi connectivity index (χ0) is 19.2. The van der Waals surface area contributed by atoms with Gasteiger partial charge in [-0.05, 0) is 48.6 Å². The predicted molar refractivity (Wildman–Crippen MR) is 110 cm³/mol. The summed E-state index contributed by atoms with van der Waals surface area (Å²) in [6.07, 6.45) is 6.06. The Balaban J connectivity index is 1.84. The molecular formula is C22H25N3OS. The number of thiazole rings is 1. The Morgan fingerprint density at radius 3 is 2.78 bits per heavy atom. The number of carbonyl (C=O) groups is 1. The van der Waals surface area contributed by atoms with Crippen molar-refractivity contribution >= 4 is 28.0 Å². The van der Waals surface area contributed by atoms with Gasteiger partial charge in [-0.1, -0.05) is 32.9 Å². The van der Waals surface area contributed by atoms with E-state index in [1.165, 1.54) is 23.4 Å². The van der Waals surface area contributed by atoms with Gasteiger partial charge < -0.3 is 4.57 Å². The number of amides is 1. The largest absolute Gasteiger partial charge is 0.320 e. The first-order valence-corrected chi connectivity index (χ1v) is 10.3. The van der Waals surface area contributed by atoms with E-state index in [-0.39, 0.29) is 11.3 Å². The van der Waals surface area contributed by atoms with Gasteiger partial charge in [0.25, 0.3) is 5.91 Å². The number of fused-ring (bicyclic) bond motifs is 1. The van der Waals surface area contributed by atoms with Crippen molar-refractivity contribution in [3.8, 4) is 0 Å². The number of nitrogens with zero attached hydrogens (tertiary/aromatic N) is 3. The zero-order valence-electron chi connectivity index (χ0n) is 16.3. The zero-order valence-corrected chi connectivity index (χ0v) is 17.1. The lowest BCUT2D eigenvalue weighted by atomic mass is 9.93. The molecular weight excluding hydrogens is 354 g/mol. The highest BCUT2D eigenvalue weighted by molar-refractivity contribution is 7.09. The van der Waals surface area contributed by atoms with E-state index < -0.39 is 0 Å². The smallest absolute Gasteiger partial charge is 0.280 e. The Kier molecular flexibility index (Phi) is 4.50. The van der Waals surface area contributed by atoms with Crippen LogP contribution < -0.4 is 4.80 Å². The van der Waals surface area contributed by atoms with Crippen molar-refractivity contribution < 1.29 is 4.79 Å². The summed E-state index contributed by atoms with van der Waals surface area (Å²) in [5, 5.41) is 1.86. The van der Waals surface area contributed by atoms with Crippen molar-refractivity contribution in [2.45, 2.75) is 52.5 Å². The van der Waals surface area contributed by atoms with Gasteiger partial charge in [-0.25, -0.2) is 0 Å². The molecule has 2 heterocycles. The molecule has 1 saturated carbocycles. The molecule has 5 heteroatoms. The Bertz CT molecular complexity index is 1080. The average Bonchev–Trinajstić information content (AvgIpc) is 3.39. The van der Waals surface area contributed by atoms with Crippen molar-refractivity contribution in [2.75, 3.05) is 0 Å². The summed E-state index contributed by atoms with van der Waals surface area (Å²) < 4.78 is 2.26. The molecule has 1 aliphatic rings. The fraction of sp³-hybridized carbons (Fsp3) is 0.409. The standard InChI is InChI=1S/C22H25N3OS/c1-14-19(22(2,3)4)27-21(25(14)13-15-8-9-15)24-20(26)18-7-5-6-16-12-23-11-10-17(16)18/h5-7,10-12,15H,8-9,13H2,1-4H3/b24-21-. The summed E-state index contributed by atoms with van der Waals surface area (Å²) in [6.45, 7) is 9.78. The number of pyridine rings is 1. The lowest BCUT2D eigenvalue weighted by Gasteiger charge is -2.17. The molecule has 0 spiro atoms. The van der Waals surface area contributed by atoms with Crippen molar-refractivity contribution in [3.63, 3.8) is 0 Å². The van der Waals surface area contributed by atoms with Gasteiger partial charge in [-0.3, -0.25) is 9.78 Å². The van der Waals surface area contributed by atoms with Gasteiger partial charge in [0.05, 0.1) is 0 Å². The third kappa shape index (κ3) is 3.61.